The zero-order valence-electron chi connectivity index (χ0n) is 22.7. The lowest BCUT2D eigenvalue weighted by molar-refractivity contribution is 0.169. The quantitative estimate of drug-likeness (QED) is 0.275. The summed E-state index contributed by atoms with van der Waals surface area (Å²) in [6.45, 7) is 9.66. The lowest BCUT2D eigenvalue weighted by Crippen LogP contribution is -2.35. The molecule has 39 heavy (non-hydrogen) atoms. The molecule has 200 valence electrons. The van der Waals surface area contributed by atoms with E-state index in [-0.39, 0.29) is 11.9 Å². The lowest BCUT2D eigenvalue weighted by Gasteiger charge is -2.31. The van der Waals surface area contributed by atoms with E-state index in [0.717, 1.165) is 69.6 Å². The van der Waals surface area contributed by atoms with Crippen molar-refractivity contribution in [2.75, 3.05) is 19.7 Å². The van der Waals surface area contributed by atoms with E-state index < -0.39 is 0 Å². The Labute approximate surface area is 229 Å². The van der Waals surface area contributed by atoms with E-state index in [1.165, 1.54) is 6.42 Å². The van der Waals surface area contributed by atoms with E-state index in [1.807, 2.05) is 36.4 Å². The minimum atomic E-state index is -0.323. The highest BCUT2D eigenvalue weighted by molar-refractivity contribution is 5.96. The number of rotatable bonds is 7. The summed E-state index contributed by atoms with van der Waals surface area (Å²) in [5, 5.41) is 17.4. The molecular formula is C33H35N3O3. The number of fused-ring (bicyclic) bond motifs is 1. The van der Waals surface area contributed by atoms with Crippen molar-refractivity contribution in [3.05, 3.63) is 95.7 Å². The molecule has 0 spiro atoms. The monoisotopic (exact) mass is 521 g/mol. The first-order valence-corrected chi connectivity index (χ1v) is 13.7. The highest BCUT2D eigenvalue weighted by Crippen LogP contribution is 2.47. The Bertz CT molecular complexity index is 1480. The van der Waals surface area contributed by atoms with Gasteiger partial charge in [-0.15, -0.1) is 0 Å². The van der Waals surface area contributed by atoms with Crippen molar-refractivity contribution >= 4 is 11.1 Å². The van der Waals surface area contributed by atoms with Gasteiger partial charge in [-0.1, -0.05) is 31.2 Å². The van der Waals surface area contributed by atoms with Crippen molar-refractivity contribution < 1.29 is 14.6 Å². The number of allylic oxidation sites excluding steroid dienone is 1. The number of H-pyrrole nitrogens is 1. The van der Waals surface area contributed by atoms with E-state index in [4.69, 9.17) is 9.47 Å². The molecule has 4 aromatic rings. The first-order chi connectivity index (χ1) is 19.0. The Morgan fingerprint density at radius 1 is 1.08 bits per heavy atom. The van der Waals surface area contributed by atoms with Crippen molar-refractivity contribution in [1.82, 2.24) is 15.1 Å². The number of nitrogens with zero attached hydrogens (tertiary/aromatic N) is 2. The third kappa shape index (κ3) is 5.17. The highest BCUT2D eigenvalue weighted by Gasteiger charge is 2.30. The number of likely N-dealkylation sites (tertiary alicyclic amines) is 1. The molecule has 2 aliphatic heterocycles. The molecule has 2 aliphatic rings. The molecule has 0 aliphatic carbocycles. The van der Waals surface area contributed by atoms with E-state index >= 15 is 0 Å². The standard InChI is InChI=1S/C33H35N3O3/c1-21-14-16-36(19-21)22(2)20-38-28-10-7-24(8-11-28)33-32(26-5-4-6-27(37)17-26)23(3)29-18-25(9-12-31(29)39-33)30-13-15-34-35-30/h4-13,15,17-18,21-22,33,37H,14,16,19-20H2,1-3H3,(H,34,35)/t21-,22+,33?/m1/s1. The van der Waals surface area contributed by atoms with Gasteiger partial charge in [-0.05, 0) is 98.0 Å². The van der Waals surface area contributed by atoms with Crippen molar-refractivity contribution in [3.8, 4) is 28.5 Å². The van der Waals surface area contributed by atoms with Gasteiger partial charge in [0.1, 0.15) is 30.0 Å². The van der Waals surface area contributed by atoms with Crippen LogP contribution in [-0.2, 0) is 0 Å². The maximum Gasteiger partial charge on any atom is 0.150 e. The second kappa shape index (κ2) is 10.6. The van der Waals surface area contributed by atoms with Gasteiger partial charge in [-0.2, -0.15) is 5.10 Å². The van der Waals surface area contributed by atoms with E-state index in [0.29, 0.717) is 12.6 Å². The van der Waals surface area contributed by atoms with Gasteiger partial charge < -0.3 is 14.6 Å². The Balaban J connectivity index is 1.29. The van der Waals surface area contributed by atoms with E-state index in [2.05, 4.69) is 60.1 Å². The van der Waals surface area contributed by atoms with Crippen LogP contribution in [0, 0.1) is 5.92 Å². The van der Waals surface area contributed by atoms with Crippen LogP contribution < -0.4 is 9.47 Å². The number of ether oxygens (including phenoxy) is 2. The molecule has 3 aromatic carbocycles. The number of phenols is 1. The van der Waals surface area contributed by atoms with Crippen LogP contribution in [0.5, 0.6) is 17.2 Å². The fourth-order valence-electron chi connectivity index (χ4n) is 5.74. The van der Waals surface area contributed by atoms with Crippen molar-refractivity contribution in [2.24, 2.45) is 5.92 Å². The SMILES string of the molecule is CC1=C(c2cccc(O)c2)C(c2ccc(OC[C@H](C)N3CC[C@@H](C)C3)cc2)Oc2ccc(-c3ccn[nH]3)cc21. The number of aromatic nitrogens is 2. The third-order valence-corrected chi connectivity index (χ3v) is 8.02. The Kier molecular flexibility index (Phi) is 6.88. The molecule has 1 saturated heterocycles. The summed E-state index contributed by atoms with van der Waals surface area (Å²) in [6, 6.07) is 24.2. The maximum absolute atomic E-state index is 10.3. The molecule has 6 heteroatoms. The minimum absolute atomic E-state index is 0.230. The zero-order chi connectivity index (χ0) is 26.9. The number of hydrogen-bond donors (Lipinski definition) is 2. The van der Waals surface area contributed by atoms with Gasteiger partial charge in [0.2, 0.25) is 0 Å². The topological polar surface area (TPSA) is 70.6 Å². The highest BCUT2D eigenvalue weighted by atomic mass is 16.5. The van der Waals surface area contributed by atoms with E-state index in [9.17, 15) is 5.11 Å². The Morgan fingerprint density at radius 3 is 2.64 bits per heavy atom. The molecule has 6 rings (SSSR count). The normalized spacial score (nSPS) is 20.0. The Morgan fingerprint density at radius 2 is 1.92 bits per heavy atom. The van der Waals surface area contributed by atoms with Gasteiger partial charge in [0.25, 0.3) is 0 Å². The number of nitrogens with one attached hydrogen (secondary N) is 1. The van der Waals surface area contributed by atoms with Crippen LogP contribution in [0.3, 0.4) is 0 Å². The predicted octanol–water partition coefficient (Wildman–Crippen LogP) is 6.96. The average Bonchev–Trinajstić information content (AvgIpc) is 3.64. The van der Waals surface area contributed by atoms with E-state index in [1.54, 1.807) is 18.3 Å². The number of hydrogen-bond acceptors (Lipinski definition) is 5. The molecular weight excluding hydrogens is 486 g/mol. The van der Waals surface area contributed by atoms with Gasteiger partial charge in [-0.3, -0.25) is 10.00 Å². The summed E-state index contributed by atoms with van der Waals surface area (Å²) in [7, 11) is 0. The third-order valence-electron chi connectivity index (χ3n) is 8.02. The van der Waals surface area contributed by atoms with Crippen LogP contribution in [0.25, 0.3) is 22.4 Å². The van der Waals surface area contributed by atoms with Gasteiger partial charge in [-0.25, -0.2) is 0 Å². The molecule has 3 heterocycles. The maximum atomic E-state index is 10.3. The number of aromatic hydroxyl groups is 1. The predicted molar refractivity (Wildman–Crippen MR) is 155 cm³/mol. The largest absolute Gasteiger partial charge is 0.508 e. The second-order valence-electron chi connectivity index (χ2n) is 10.9. The smallest absolute Gasteiger partial charge is 0.150 e. The van der Waals surface area contributed by atoms with Crippen LogP contribution >= 0.6 is 0 Å². The van der Waals surface area contributed by atoms with Gasteiger partial charge in [0.05, 0.1) is 5.69 Å². The van der Waals surface area contributed by atoms with Gasteiger partial charge >= 0.3 is 0 Å². The van der Waals surface area contributed by atoms with Gasteiger partial charge in [0, 0.05) is 35.5 Å². The summed E-state index contributed by atoms with van der Waals surface area (Å²) in [4.78, 5) is 2.51. The fraction of sp³-hybridized carbons (Fsp3) is 0.303. The molecule has 1 aromatic heterocycles. The molecule has 6 nitrogen and oxygen atoms in total. The molecule has 2 N–H and O–H groups in total. The summed E-state index contributed by atoms with van der Waals surface area (Å²) in [5.41, 5.74) is 7.14. The summed E-state index contributed by atoms with van der Waals surface area (Å²) < 4.78 is 12.8. The first-order valence-electron chi connectivity index (χ1n) is 13.7. The molecule has 0 amide bonds. The first kappa shape index (κ1) is 25.3. The Hall–Kier alpha value is -4.03. The summed E-state index contributed by atoms with van der Waals surface area (Å²) in [5.74, 6) is 2.69. The van der Waals surface area contributed by atoms with Crippen LogP contribution in [0.1, 0.15) is 50.0 Å². The van der Waals surface area contributed by atoms with Crippen LogP contribution in [0.15, 0.2) is 79.0 Å². The van der Waals surface area contributed by atoms with Crippen molar-refractivity contribution in [3.63, 3.8) is 0 Å². The van der Waals surface area contributed by atoms with Gasteiger partial charge in [0.15, 0.2) is 0 Å². The van der Waals surface area contributed by atoms with Crippen LogP contribution in [-0.4, -0.2) is 45.9 Å². The summed E-state index contributed by atoms with van der Waals surface area (Å²) in [6.07, 6.45) is 2.70. The number of phenolic OH excluding ortho intramolecular Hbond substituents is 1. The minimum Gasteiger partial charge on any atom is -0.508 e. The number of benzene rings is 3. The number of aromatic amines is 1. The molecule has 0 bridgehead atoms. The van der Waals surface area contributed by atoms with Crippen molar-refractivity contribution in [1.29, 1.82) is 0 Å². The second-order valence-corrected chi connectivity index (χ2v) is 10.9. The van der Waals surface area contributed by atoms with Crippen LogP contribution in [0.2, 0.25) is 0 Å². The molecule has 1 unspecified atom stereocenters. The fourth-order valence-corrected chi connectivity index (χ4v) is 5.74. The zero-order valence-corrected chi connectivity index (χ0v) is 22.7. The average molecular weight is 522 g/mol. The molecule has 3 atom stereocenters. The molecule has 1 fully saturated rings. The van der Waals surface area contributed by atoms with Crippen LogP contribution in [0.4, 0.5) is 0 Å². The van der Waals surface area contributed by atoms with Crippen molar-refractivity contribution in [2.45, 2.75) is 39.3 Å². The lowest BCUT2D eigenvalue weighted by atomic mass is 9.85. The molecule has 0 radical (unpaired) electrons. The summed E-state index contributed by atoms with van der Waals surface area (Å²) >= 11 is 0. The molecule has 0 saturated carbocycles.